The van der Waals surface area contributed by atoms with E-state index in [1.54, 1.807) is 0 Å². The zero-order chi connectivity index (χ0) is 14.6. The first-order chi connectivity index (χ1) is 8.05. The van der Waals surface area contributed by atoms with Crippen molar-refractivity contribution in [2.45, 2.75) is 58.2 Å². The van der Waals surface area contributed by atoms with Crippen molar-refractivity contribution in [3.05, 3.63) is 0 Å². The number of hydrogen-bond acceptors (Lipinski definition) is 4. The van der Waals surface area contributed by atoms with E-state index < -0.39 is 20.6 Å². The van der Waals surface area contributed by atoms with Gasteiger partial charge >= 0.3 is 6.09 Å². The van der Waals surface area contributed by atoms with Crippen LogP contribution in [-0.4, -0.2) is 41.0 Å². The highest BCUT2D eigenvalue weighted by Crippen LogP contribution is 2.37. The van der Waals surface area contributed by atoms with E-state index in [1.165, 1.54) is 14.2 Å². The maximum absolute atomic E-state index is 11.2. The molecule has 1 unspecified atom stereocenters. The monoisotopic (exact) mass is 277 g/mol. The van der Waals surface area contributed by atoms with Gasteiger partial charge in [-0.15, -0.1) is 0 Å². The Kier molecular flexibility index (Phi) is 6.32. The Balaban J connectivity index is 4.62. The molecule has 0 saturated heterocycles. The van der Waals surface area contributed by atoms with Crippen LogP contribution in [0.1, 0.15) is 27.7 Å². The number of carbonyl (C=O) groups is 1. The minimum absolute atomic E-state index is 0.116. The molecule has 18 heavy (non-hydrogen) atoms. The zero-order valence-corrected chi connectivity index (χ0v) is 13.8. The first-order valence-corrected chi connectivity index (χ1v) is 9.01. The lowest BCUT2D eigenvalue weighted by Gasteiger charge is -2.40. The number of methoxy groups -OCH3 is 2. The summed E-state index contributed by atoms with van der Waals surface area (Å²) in [6, 6.07) is 0. The molecule has 0 saturated carbocycles. The van der Waals surface area contributed by atoms with Gasteiger partial charge in [-0.3, -0.25) is 5.32 Å². The molecule has 0 aliphatic heterocycles. The molecule has 0 spiro atoms. The van der Waals surface area contributed by atoms with Crippen LogP contribution in [0.5, 0.6) is 0 Å². The van der Waals surface area contributed by atoms with Gasteiger partial charge in [-0.05, 0) is 25.1 Å². The summed E-state index contributed by atoms with van der Waals surface area (Å²) < 4.78 is 15.9. The summed E-state index contributed by atoms with van der Waals surface area (Å²) in [5, 5.41) is 2.72. The fourth-order valence-electron chi connectivity index (χ4n) is 1.25. The highest BCUT2D eigenvalue weighted by atomic mass is 28.4. The fraction of sp³-hybridized carbons (Fsp3) is 0.917. The molecule has 1 N–H and O–H groups in total. The predicted octanol–water partition coefficient (Wildman–Crippen LogP) is 2.73. The molecule has 108 valence electrons. The van der Waals surface area contributed by atoms with Crippen molar-refractivity contribution >= 4 is 14.4 Å². The summed E-state index contributed by atoms with van der Waals surface area (Å²) in [6.45, 7) is 12.7. The molecular weight excluding hydrogens is 250 g/mol. The standard InChI is InChI=1S/C12H27NO4Si/c1-9(10(15-5)13-11(14)16-6)17-18(7,8)12(2,3)4/h9-10H,1-8H3,(H,13,14)/t9-,10?/m1/s1. The third-order valence-electron chi connectivity index (χ3n) is 3.41. The molecule has 2 atom stereocenters. The lowest BCUT2D eigenvalue weighted by molar-refractivity contribution is -0.0147. The van der Waals surface area contributed by atoms with Crippen LogP contribution in [0.2, 0.25) is 18.1 Å². The molecule has 1 amide bonds. The Morgan fingerprint density at radius 2 is 1.72 bits per heavy atom. The van der Waals surface area contributed by atoms with Crippen molar-refractivity contribution in [1.82, 2.24) is 5.32 Å². The van der Waals surface area contributed by atoms with Crippen LogP contribution in [0.25, 0.3) is 0 Å². The van der Waals surface area contributed by atoms with Crippen molar-refractivity contribution in [2.75, 3.05) is 14.2 Å². The Morgan fingerprint density at radius 3 is 2.06 bits per heavy atom. The van der Waals surface area contributed by atoms with Gasteiger partial charge in [0.15, 0.2) is 14.5 Å². The van der Waals surface area contributed by atoms with Gasteiger partial charge in [0.05, 0.1) is 13.2 Å². The summed E-state index contributed by atoms with van der Waals surface area (Å²) in [5.41, 5.74) is 0. The predicted molar refractivity (Wildman–Crippen MR) is 74.1 cm³/mol. The maximum atomic E-state index is 11.2. The van der Waals surface area contributed by atoms with E-state index in [9.17, 15) is 4.79 Å². The Hall–Kier alpha value is -0.593. The third-order valence-corrected chi connectivity index (χ3v) is 7.99. The first-order valence-electron chi connectivity index (χ1n) is 6.10. The van der Waals surface area contributed by atoms with Crippen LogP contribution in [0.3, 0.4) is 0 Å². The Labute approximate surface area is 111 Å². The first kappa shape index (κ1) is 17.4. The second kappa shape index (κ2) is 6.54. The van der Waals surface area contributed by atoms with Crippen LogP contribution < -0.4 is 5.32 Å². The smallest absolute Gasteiger partial charge is 0.408 e. The van der Waals surface area contributed by atoms with E-state index >= 15 is 0 Å². The largest absolute Gasteiger partial charge is 0.453 e. The zero-order valence-electron chi connectivity index (χ0n) is 12.8. The summed E-state index contributed by atoms with van der Waals surface area (Å²) in [7, 11) is 0.974. The summed E-state index contributed by atoms with van der Waals surface area (Å²) in [4.78, 5) is 11.2. The molecule has 0 aliphatic carbocycles. The number of rotatable bonds is 5. The fourth-order valence-corrected chi connectivity index (χ4v) is 2.65. The molecule has 0 aromatic carbocycles. The van der Waals surface area contributed by atoms with E-state index in [1.807, 2.05) is 6.92 Å². The number of nitrogens with one attached hydrogen (secondary N) is 1. The van der Waals surface area contributed by atoms with Crippen LogP contribution in [0.15, 0.2) is 0 Å². The number of ether oxygens (including phenoxy) is 2. The van der Waals surface area contributed by atoms with Gasteiger partial charge in [0.2, 0.25) is 0 Å². The third kappa shape index (κ3) is 4.95. The van der Waals surface area contributed by atoms with Crippen molar-refractivity contribution in [2.24, 2.45) is 0 Å². The van der Waals surface area contributed by atoms with E-state index in [0.29, 0.717) is 0 Å². The number of amides is 1. The number of alkyl carbamates (subject to hydrolysis) is 1. The van der Waals surface area contributed by atoms with Gasteiger partial charge in [0, 0.05) is 7.11 Å². The lowest BCUT2D eigenvalue weighted by atomic mass is 10.2. The van der Waals surface area contributed by atoms with Crippen LogP contribution in [-0.2, 0) is 13.9 Å². The highest BCUT2D eigenvalue weighted by Gasteiger charge is 2.40. The lowest BCUT2D eigenvalue weighted by Crippen LogP contribution is -2.51. The van der Waals surface area contributed by atoms with Gasteiger partial charge in [-0.1, -0.05) is 20.8 Å². The van der Waals surface area contributed by atoms with Gasteiger partial charge in [-0.25, -0.2) is 4.79 Å². The van der Waals surface area contributed by atoms with Crippen LogP contribution in [0, 0.1) is 0 Å². The van der Waals surface area contributed by atoms with Crippen molar-refractivity contribution in [1.29, 1.82) is 0 Å². The second-order valence-electron chi connectivity index (χ2n) is 5.88. The molecule has 5 nitrogen and oxygen atoms in total. The minimum Gasteiger partial charge on any atom is -0.453 e. The van der Waals surface area contributed by atoms with E-state index in [0.717, 1.165) is 0 Å². The van der Waals surface area contributed by atoms with E-state index in [2.05, 4.69) is 43.9 Å². The number of hydrogen-bond donors (Lipinski definition) is 1. The molecule has 0 bridgehead atoms. The molecule has 0 aromatic heterocycles. The molecule has 0 aromatic rings. The van der Waals surface area contributed by atoms with Gasteiger partial charge in [-0.2, -0.15) is 0 Å². The van der Waals surface area contributed by atoms with E-state index in [-0.39, 0.29) is 11.1 Å². The average Bonchev–Trinajstić information content (AvgIpc) is 2.22. The molecule has 0 heterocycles. The highest BCUT2D eigenvalue weighted by molar-refractivity contribution is 6.74. The van der Waals surface area contributed by atoms with Gasteiger partial charge in [0.25, 0.3) is 0 Å². The Bertz CT molecular complexity index is 276. The maximum Gasteiger partial charge on any atom is 0.408 e. The van der Waals surface area contributed by atoms with Crippen molar-refractivity contribution in [3.8, 4) is 0 Å². The minimum atomic E-state index is -1.88. The normalized spacial score (nSPS) is 16.0. The average molecular weight is 277 g/mol. The number of carbonyl (C=O) groups excluding carboxylic acids is 1. The van der Waals surface area contributed by atoms with Crippen molar-refractivity contribution in [3.63, 3.8) is 0 Å². The molecule has 0 rings (SSSR count). The molecule has 0 fully saturated rings. The topological polar surface area (TPSA) is 56.8 Å². The molecule has 0 aliphatic rings. The molecule has 0 radical (unpaired) electrons. The molecule has 6 heteroatoms. The van der Waals surface area contributed by atoms with Crippen LogP contribution in [0.4, 0.5) is 4.79 Å². The SMILES string of the molecule is COC(=O)NC(OC)[C@@H](C)O[Si](C)(C)C(C)(C)C. The van der Waals surface area contributed by atoms with Crippen molar-refractivity contribution < 1.29 is 18.7 Å². The summed E-state index contributed by atoms with van der Waals surface area (Å²) in [5.74, 6) is 0. The van der Waals surface area contributed by atoms with Gasteiger partial charge in [0.1, 0.15) is 0 Å². The molecular formula is C12H27NO4Si. The summed E-state index contributed by atoms with van der Waals surface area (Å²) >= 11 is 0. The van der Waals surface area contributed by atoms with E-state index in [4.69, 9.17) is 9.16 Å². The Morgan fingerprint density at radius 1 is 1.22 bits per heavy atom. The summed E-state index contributed by atoms with van der Waals surface area (Å²) in [6.07, 6.45) is -1.26. The van der Waals surface area contributed by atoms with Gasteiger partial charge < -0.3 is 13.9 Å². The van der Waals surface area contributed by atoms with Crippen LogP contribution >= 0.6 is 0 Å². The second-order valence-corrected chi connectivity index (χ2v) is 10.6. The quantitative estimate of drug-likeness (QED) is 0.620.